The fourth-order valence-corrected chi connectivity index (χ4v) is 6.12. The van der Waals surface area contributed by atoms with Crippen LogP contribution in [0.3, 0.4) is 0 Å². The number of carbonyl (C=O) groups excluding carboxylic acids is 7. The minimum absolute atomic E-state index is 0.0898. The third kappa shape index (κ3) is 29.6. The molecule has 64 heavy (non-hydrogen) atoms. The number of likely N-dealkylation sites (N-methyl/N-ethyl adjacent to an activating group) is 1. The summed E-state index contributed by atoms with van der Waals surface area (Å²) < 4.78 is 43.0. The Kier molecular flexibility index (Phi) is 34.9. The van der Waals surface area contributed by atoms with E-state index in [1.807, 2.05) is 13.8 Å². The minimum atomic E-state index is -0.938. The molecule has 7 amide bonds. The molecule has 1 heterocycles. The van der Waals surface area contributed by atoms with E-state index >= 15 is 0 Å². The van der Waals surface area contributed by atoms with Gasteiger partial charge in [-0.3, -0.25) is 38.5 Å². The summed E-state index contributed by atoms with van der Waals surface area (Å²) in [6, 6.07) is -1.74. The van der Waals surface area contributed by atoms with Gasteiger partial charge in [0.05, 0.1) is 106 Å². The molecular formula is C43H78N6O15. The fourth-order valence-electron chi connectivity index (χ4n) is 6.12. The van der Waals surface area contributed by atoms with Crippen molar-refractivity contribution in [3.05, 3.63) is 0 Å². The number of nitrogens with zero attached hydrogens (tertiary/aromatic N) is 1. The quantitative estimate of drug-likeness (QED) is 0.0395. The molecule has 3 atom stereocenters. The summed E-state index contributed by atoms with van der Waals surface area (Å²) in [6.07, 6.45) is 3.45. The van der Waals surface area contributed by atoms with Crippen molar-refractivity contribution in [3.8, 4) is 0 Å². The van der Waals surface area contributed by atoms with Crippen LogP contribution in [-0.2, 0) is 71.5 Å². The normalized spacial score (nSPS) is 14.7. The smallest absolute Gasteiger partial charge is 0.243 e. The van der Waals surface area contributed by atoms with Gasteiger partial charge in [0.15, 0.2) is 0 Å². The van der Waals surface area contributed by atoms with Gasteiger partial charge in [0.2, 0.25) is 41.4 Å². The molecule has 0 radical (unpaired) electrons. The van der Waals surface area contributed by atoms with Gasteiger partial charge < -0.3 is 64.5 Å². The molecule has 0 bridgehead atoms. The van der Waals surface area contributed by atoms with Gasteiger partial charge in [-0.05, 0) is 44.9 Å². The molecule has 0 aromatic heterocycles. The van der Waals surface area contributed by atoms with Crippen molar-refractivity contribution in [1.82, 2.24) is 31.5 Å². The molecule has 1 saturated heterocycles. The fraction of sp³-hybridized carbons (Fsp3) is 0.837. The summed E-state index contributed by atoms with van der Waals surface area (Å²) in [5, 5.41) is 13.0. The molecule has 1 rings (SSSR count). The van der Waals surface area contributed by atoms with Crippen molar-refractivity contribution in [2.24, 2.45) is 11.8 Å². The monoisotopic (exact) mass is 919 g/mol. The third-order valence-corrected chi connectivity index (χ3v) is 9.84. The predicted octanol–water partition coefficient (Wildman–Crippen LogP) is -0.131. The lowest BCUT2D eigenvalue weighted by Gasteiger charge is -2.19. The van der Waals surface area contributed by atoms with Crippen LogP contribution >= 0.6 is 0 Å². The first-order valence-corrected chi connectivity index (χ1v) is 22.6. The molecule has 3 unspecified atom stereocenters. The summed E-state index contributed by atoms with van der Waals surface area (Å²) in [5.74, 6) is -2.56. The van der Waals surface area contributed by atoms with E-state index in [4.69, 9.17) is 37.9 Å². The summed E-state index contributed by atoms with van der Waals surface area (Å²) in [5.41, 5.74) is 0. The highest BCUT2D eigenvalue weighted by atomic mass is 16.6. The maximum Gasteiger partial charge on any atom is 0.243 e. The van der Waals surface area contributed by atoms with Gasteiger partial charge >= 0.3 is 0 Å². The van der Waals surface area contributed by atoms with Crippen LogP contribution in [0, 0.1) is 11.8 Å². The van der Waals surface area contributed by atoms with Crippen molar-refractivity contribution in [2.75, 3.05) is 133 Å². The van der Waals surface area contributed by atoms with E-state index in [1.54, 1.807) is 7.11 Å². The average Bonchev–Trinajstić information content (AvgIpc) is 3.56. The van der Waals surface area contributed by atoms with Crippen molar-refractivity contribution in [1.29, 1.82) is 0 Å². The van der Waals surface area contributed by atoms with Crippen LogP contribution in [0.2, 0.25) is 0 Å². The second-order valence-electron chi connectivity index (χ2n) is 15.4. The van der Waals surface area contributed by atoms with E-state index in [-0.39, 0.29) is 67.8 Å². The van der Waals surface area contributed by atoms with Crippen molar-refractivity contribution >= 4 is 41.4 Å². The standard InChI is InChI=1S/C43H78N6O15/c1-33(2)35-31-40(53)49(43(35)56)15-10-6-7-12-38(51)48-36(42(55)46-32-39(52)47-34(3)41(54)44-4)11-8-9-14-45-37(50)13-16-58-19-20-60-23-24-62-27-28-64-30-29-63-26-25-61-22-21-59-18-17-57-5/h33-36H,6-32H2,1-5H3,(H,44,54)(H,45,50)(H,46,55)(H,47,52)(H,48,51). The van der Waals surface area contributed by atoms with E-state index < -0.39 is 36.3 Å². The first-order valence-electron chi connectivity index (χ1n) is 22.6. The largest absolute Gasteiger partial charge is 0.382 e. The van der Waals surface area contributed by atoms with Crippen molar-refractivity contribution in [2.45, 2.75) is 90.6 Å². The Bertz CT molecular complexity index is 1330. The number of nitrogens with one attached hydrogen (secondary N) is 5. The molecule has 0 aromatic rings. The Hall–Kier alpha value is -3.83. The molecule has 1 aliphatic rings. The number of imide groups is 1. The van der Waals surface area contributed by atoms with Crippen molar-refractivity contribution in [3.63, 3.8) is 0 Å². The number of likely N-dealkylation sites (tertiary alicyclic amines) is 1. The van der Waals surface area contributed by atoms with Crippen LogP contribution in [0.5, 0.6) is 0 Å². The molecule has 370 valence electrons. The highest BCUT2D eigenvalue weighted by Gasteiger charge is 2.39. The molecule has 1 fully saturated rings. The van der Waals surface area contributed by atoms with E-state index in [0.717, 1.165) is 0 Å². The highest BCUT2D eigenvalue weighted by Crippen LogP contribution is 2.26. The molecule has 0 aliphatic carbocycles. The number of hydrogen-bond acceptors (Lipinski definition) is 15. The molecule has 0 aromatic carbocycles. The lowest BCUT2D eigenvalue weighted by atomic mass is 9.94. The first-order chi connectivity index (χ1) is 30.9. The van der Waals surface area contributed by atoms with Gasteiger partial charge in [-0.1, -0.05) is 20.3 Å². The highest BCUT2D eigenvalue weighted by molar-refractivity contribution is 6.03. The Balaban J connectivity index is 2.20. The summed E-state index contributed by atoms with van der Waals surface area (Å²) in [7, 11) is 3.07. The molecule has 0 saturated carbocycles. The van der Waals surface area contributed by atoms with Crippen LogP contribution in [0.1, 0.15) is 78.6 Å². The zero-order valence-corrected chi connectivity index (χ0v) is 39.0. The first kappa shape index (κ1) is 58.2. The average molecular weight is 919 g/mol. The second kappa shape index (κ2) is 38.4. The van der Waals surface area contributed by atoms with Gasteiger partial charge in [0, 0.05) is 52.4 Å². The molecule has 21 heteroatoms. The molecular weight excluding hydrogens is 840 g/mol. The van der Waals surface area contributed by atoms with Gasteiger partial charge in [-0.25, -0.2) is 0 Å². The lowest BCUT2D eigenvalue weighted by Crippen LogP contribution is -2.51. The SMILES string of the molecule is CNC(=O)C(C)NC(=O)CNC(=O)C(CCCCNC(=O)CCOCCOCCOCCOCCOCCOCCOCCOC)NC(=O)CCCCCN1C(=O)CC(C(C)C)C1=O. The number of hydrogen-bond donors (Lipinski definition) is 5. The maximum atomic E-state index is 13.1. The Morgan fingerprint density at radius 1 is 0.594 bits per heavy atom. The summed E-state index contributed by atoms with van der Waals surface area (Å²) >= 11 is 0. The Morgan fingerprint density at radius 3 is 1.62 bits per heavy atom. The third-order valence-electron chi connectivity index (χ3n) is 9.84. The van der Waals surface area contributed by atoms with Gasteiger partial charge in [0.25, 0.3) is 0 Å². The zero-order valence-electron chi connectivity index (χ0n) is 39.0. The predicted molar refractivity (Wildman–Crippen MR) is 234 cm³/mol. The van der Waals surface area contributed by atoms with Crippen LogP contribution < -0.4 is 26.6 Å². The van der Waals surface area contributed by atoms with Crippen LogP contribution in [0.15, 0.2) is 0 Å². The van der Waals surface area contributed by atoms with Crippen LogP contribution in [-0.4, -0.2) is 191 Å². The maximum absolute atomic E-state index is 13.1. The van der Waals surface area contributed by atoms with Gasteiger partial charge in [-0.2, -0.15) is 0 Å². The minimum Gasteiger partial charge on any atom is -0.382 e. The van der Waals surface area contributed by atoms with Gasteiger partial charge in [0.1, 0.15) is 12.1 Å². The number of carbonyl (C=O) groups is 7. The summed E-state index contributed by atoms with van der Waals surface area (Å²) in [6.45, 7) is 12.3. The number of amides is 7. The Morgan fingerprint density at radius 2 is 1.12 bits per heavy atom. The molecule has 0 spiro atoms. The number of ether oxygens (including phenoxy) is 8. The van der Waals surface area contributed by atoms with E-state index in [2.05, 4.69) is 26.6 Å². The number of rotatable bonds is 42. The lowest BCUT2D eigenvalue weighted by molar-refractivity contribution is -0.140. The number of methoxy groups -OCH3 is 1. The number of unbranched alkanes of at least 4 members (excludes halogenated alkanes) is 3. The van der Waals surface area contributed by atoms with Crippen LogP contribution in [0.4, 0.5) is 0 Å². The second-order valence-corrected chi connectivity index (χ2v) is 15.4. The summed E-state index contributed by atoms with van der Waals surface area (Å²) in [4.78, 5) is 88.5. The van der Waals surface area contributed by atoms with Gasteiger partial charge in [-0.15, -0.1) is 0 Å². The van der Waals surface area contributed by atoms with E-state index in [0.29, 0.717) is 138 Å². The molecule has 5 N–H and O–H groups in total. The Labute approximate surface area is 379 Å². The molecule has 1 aliphatic heterocycles. The van der Waals surface area contributed by atoms with E-state index in [1.165, 1.54) is 18.9 Å². The molecule has 21 nitrogen and oxygen atoms in total. The zero-order chi connectivity index (χ0) is 47.2. The van der Waals surface area contributed by atoms with E-state index in [9.17, 15) is 33.6 Å². The van der Waals surface area contributed by atoms with Crippen LogP contribution in [0.25, 0.3) is 0 Å². The topological polar surface area (TPSA) is 257 Å². The van der Waals surface area contributed by atoms with Crippen molar-refractivity contribution < 1.29 is 71.5 Å².